The van der Waals surface area contributed by atoms with E-state index in [0.29, 0.717) is 6.42 Å². The highest BCUT2D eigenvalue weighted by Gasteiger charge is 2.34. The SMILES string of the molecule is CCC(C)C(OCC(F)(F)F)OCC(F)(F)F. The van der Waals surface area contributed by atoms with Crippen LogP contribution >= 0.6 is 0 Å². The Morgan fingerprint density at radius 1 is 0.882 bits per heavy atom. The standard InChI is InChI=1S/C9H14F6O2/c1-3-6(2)7(16-4-8(10,11)12)17-5-9(13,14)15/h6-7H,3-5H2,1-2H3. The zero-order chi connectivity index (χ0) is 13.7. The minimum absolute atomic E-state index is 0.348. The smallest absolute Gasteiger partial charge is 0.343 e. The molecule has 0 aliphatic carbocycles. The molecule has 0 spiro atoms. The first kappa shape index (κ1) is 16.5. The van der Waals surface area contributed by atoms with Crippen molar-refractivity contribution in [2.45, 2.75) is 38.9 Å². The largest absolute Gasteiger partial charge is 0.411 e. The van der Waals surface area contributed by atoms with Crippen molar-refractivity contribution in [3.63, 3.8) is 0 Å². The summed E-state index contributed by atoms with van der Waals surface area (Å²) >= 11 is 0. The van der Waals surface area contributed by atoms with Crippen LogP contribution < -0.4 is 0 Å². The van der Waals surface area contributed by atoms with Crippen LogP contribution in [0.3, 0.4) is 0 Å². The third-order valence-corrected chi connectivity index (χ3v) is 1.93. The second kappa shape index (κ2) is 6.44. The van der Waals surface area contributed by atoms with Crippen LogP contribution in [0, 0.1) is 5.92 Å². The predicted octanol–water partition coefficient (Wildman–Crippen LogP) is 3.52. The molecule has 0 aromatic carbocycles. The van der Waals surface area contributed by atoms with Gasteiger partial charge < -0.3 is 9.47 Å². The lowest BCUT2D eigenvalue weighted by Crippen LogP contribution is -2.33. The summed E-state index contributed by atoms with van der Waals surface area (Å²) in [6, 6.07) is 0. The molecule has 0 aliphatic rings. The van der Waals surface area contributed by atoms with Gasteiger partial charge in [0.25, 0.3) is 0 Å². The molecule has 1 atom stereocenters. The summed E-state index contributed by atoms with van der Waals surface area (Å²) in [7, 11) is 0. The molecule has 2 nitrogen and oxygen atoms in total. The van der Waals surface area contributed by atoms with E-state index >= 15 is 0 Å². The Kier molecular flexibility index (Phi) is 6.25. The molecule has 1 unspecified atom stereocenters. The highest BCUT2D eigenvalue weighted by molar-refractivity contribution is 4.59. The molecule has 0 saturated carbocycles. The van der Waals surface area contributed by atoms with E-state index in [2.05, 4.69) is 9.47 Å². The van der Waals surface area contributed by atoms with Gasteiger partial charge in [0, 0.05) is 5.92 Å². The van der Waals surface area contributed by atoms with Gasteiger partial charge in [-0.3, -0.25) is 0 Å². The minimum Gasteiger partial charge on any atom is -0.343 e. The third kappa shape index (κ3) is 9.22. The van der Waals surface area contributed by atoms with Crippen LogP contribution in [0.2, 0.25) is 0 Å². The predicted molar refractivity (Wildman–Crippen MR) is 47.3 cm³/mol. The number of rotatable bonds is 6. The molecule has 0 aliphatic heterocycles. The van der Waals surface area contributed by atoms with E-state index in [1.807, 2.05) is 0 Å². The van der Waals surface area contributed by atoms with Crippen molar-refractivity contribution in [3.8, 4) is 0 Å². The van der Waals surface area contributed by atoms with Crippen LogP contribution in [0.4, 0.5) is 26.3 Å². The molecule has 0 fully saturated rings. The van der Waals surface area contributed by atoms with Crippen molar-refractivity contribution in [2.24, 2.45) is 5.92 Å². The minimum atomic E-state index is -4.59. The summed E-state index contributed by atoms with van der Waals surface area (Å²) in [4.78, 5) is 0. The Bertz CT molecular complexity index is 195. The van der Waals surface area contributed by atoms with Gasteiger partial charge in [0.05, 0.1) is 0 Å². The van der Waals surface area contributed by atoms with Gasteiger partial charge in [0.1, 0.15) is 13.2 Å². The summed E-state index contributed by atoms with van der Waals surface area (Å²) in [5.41, 5.74) is 0. The maximum atomic E-state index is 11.9. The molecule has 8 heteroatoms. The summed E-state index contributed by atoms with van der Waals surface area (Å²) in [5, 5.41) is 0. The molecule has 17 heavy (non-hydrogen) atoms. The first-order valence-corrected chi connectivity index (χ1v) is 4.92. The number of alkyl halides is 6. The van der Waals surface area contributed by atoms with Gasteiger partial charge in [-0.15, -0.1) is 0 Å². The molecule has 104 valence electrons. The molecule has 0 radical (unpaired) electrons. The van der Waals surface area contributed by atoms with Crippen LogP contribution in [-0.4, -0.2) is 31.9 Å². The number of halogens is 6. The highest BCUT2D eigenvalue weighted by atomic mass is 19.4. The van der Waals surface area contributed by atoms with E-state index < -0.39 is 37.8 Å². The first-order chi connectivity index (χ1) is 7.55. The van der Waals surface area contributed by atoms with Crippen molar-refractivity contribution in [3.05, 3.63) is 0 Å². The fourth-order valence-electron chi connectivity index (χ4n) is 0.922. The maximum absolute atomic E-state index is 11.9. The molecule has 0 amide bonds. The van der Waals surface area contributed by atoms with Gasteiger partial charge in [-0.2, -0.15) is 26.3 Å². The van der Waals surface area contributed by atoms with E-state index in [0.717, 1.165) is 0 Å². The average molecular weight is 268 g/mol. The number of hydrogen-bond donors (Lipinski definition) is 0. The fraction of sp³-hybridized carbons (Fsp3) is 1.00. The molecule has 0 N–H and O–H groups in total. The monoisotopic (exact) mass is 268 g/mol. The Labute approximate surface area is 94.9 Å². The van der Waals surface area contributed by atoms with E-state index in [9.17, 15) is 26.3 Å². The highest BCUT2D eigenvalue weighted by Crippen LogP contribution is 2.22. The van der Waals surface area contributed by atoms with Crippen LogP contribution in [-0.2, 0) is 9.47 Å². The summed E-state index contributed by atoms with van der Waals surface area (Å²) in [5.74, 6) is -0.556. The van der Waals surface area contributed by atoms with Crippen molar-refractivity contribution < 1.29 is 35.8 Å². The van der Waals surface area contributed by atoms with Gasteiger partial charge in [-0.1, -0.05) is 13.8 Å². The number of ether oxygens (including phenoxy) is 2. The number of hydrogen-bond acceptors (Lipinski definition) is 2. The van der Waals surface area contributed by atoms with Crippen molar-refractivity contribution in [2.75, 3.05) is 13.2 Å². The second-order valence-corrected chi connectivity index (χ2v) is 3.61. The van der Waals surface area contributed by atoms with Crippen molar-refractivity contribution >= 4 is 0 Å². The topological polar surface area (TPSA) is 18.5 Å². The molecule has 0 heterocycles. The normalized spacial score (nSPS) is 15.4. The van der Waals surface area contributed by atoms with Gasteiger partial charge in [-0.25, -0.2) is 0 Å². The molecular weight excluding hydrogens is 254 g/mol. The van der Waals surface area contributed by atoms with Crippen LogP contribution in [0.15, 0.2) is 0 Å². The van der Waals surface area contributed by atoms with Crippen LogP contribution in [0.25, 0.3) is 0 Å². The van der Waals surface area contributed by atoms with E-state index in [1.165, 1.54) is 6.92 Å². The Morgan fingerprint density at radius 2 is 1.24 bits per heavy atom. The fourth-order valence-corrected chi connectivity index (χ4v) is 0.922. The van der Waals surface area contributed by atoms with E-state index in [1.54, 1.807) is 6.92 Å². The molecule has 0 bridgehead atoms. The molecule has 0 rings (SSSR count). The van der Waals surface area contributed by atoms with E-state index in [-0.39, 0.29) is 0 Å². The summed E-state index contributed by atoms with van der Waals surface area (Å²) in [6.07, 6.45) is -10.3. The van der Waals surface area contributed by atoms with Gasteiger partial charge >= 0.3 is 12.4 Å². The van der Waals surface area contributed by atoms with Crippen LogP contribution in [0.5, 0.6) is 0 Å². The first-order valence-electron chi connectivity index (χ1n) is 4.92. The zero-order valence-corrected chi connectivity index (χ0v) is 9.36. The maximum Gasteiger partial charge on any atom is 0.411 e. The van der Waals surface area contributed by atoms with Crippen LogP contribution in [0.1, 0.15) is 20.3 Å². The van der Waals surface area contributed by atoms with Gasteiger partial charge in [-0.05, 0) is 6.42 Å². The Hall–Kier alpha value is -0.500. The molecular formula is C9H14F6O2. The van der Waals surface area contributed by atoms with E-state index in [4.69, 9.17) is 0 Å². The Balaban J connectivity index is 4.25. The lowest BCUT2D eigenvalue weighted by Gasteiger charge is -2.24. The second-order valence-electron chi connectivity index (χ2n) is 3.61. The lowest BCUT2D eigenvalue weighted by atomic mass is 10.1. The quantitative estimate of drug-likeness (QED) is 0.542. The summed E-state index contributed by atoms with van der Waals surface area (Å²) in [6.45, 7) is -0.178. The lowest BCUT2D eigenvalue weighted by molar-refractivity contribution is -0.270. The van der Waals surface area contributed by atoms with Crippen molar-refractivity contribution in [1.82, 2.24) is 0 Å². The zero-order valence-electron chi connectivity index (χ0n) is 9.36. The summed E-state index contributed by atoms with van der Waals surface area (Å²) < 4.78 is 79.7. The van der Waals surface area contributed by atoms with Gasteiger partial charge in [0.15, 0.2) is 6.29 Å². The average Bonchev–Trinajstić information content (AvgIpc) is 2.13. The van der Waals surface area contributed by atoms with Crippen molar-refractivity contribution in [1.29, 1.82) is 0 Å². The molecule has 0 aromatic heterocycles. The van der Waals surface area contributed by atoms with Gasteiger partial charge in [0.2, 0.25) is 0 Å². The molecule has 0 aromatic rings. The molecule has 0 saturated heterocycles. The third-order valence-electron chi connectivity index (χ3n) is 1.93. The Morgan fingerprint density at radius 3 is 1.47 bits per heavy atom.